The van der Waals surface area contributed by atoms with E-state index in [1.165, 1.54) is 24.5 Å². The molecule has 1 saturated carbocycles. The van der Waals surface area contributed by atoms with Crippen molar-refractivity contribution in [1.29, 1.82) is 0 Å². The van der Waals surface area contributed by atoms with Gasteiger partial charge < -0.3 is 19.9 Å². The fourth-order valence-electron chi connectivity index (χ4n) is 4.84. The molecular formula is C32H31N3O7S. The predicted molar refractivity (Wildman–Crippen MR) is 160 cm³/mol. The summed E-state index contributed by atoms with van der Waals surface area (Å²) in [6.45, 7) is 0. The van der Waals surface area contributed by atoms with E-state index in [1.54, 1.807) is 48.5 Å². The largest absolute Gasteiger partial charge is 0.490 e. The van der Waals surface area contributed by atoms with E-state index in [9.17, 15) is 23.1 Å². The second-order valence-corrected chi connectivity index (χ2v) is 11.9. The second kappa shape index (κ2) is 13.5. The molecule has 3 aromatic carbocycles. The van der Waals surface area contributed by atoms with Gasteiger partial charge in [0.2, 0.25) is 15.9 Å². The molecule has 3 N–H and O–H groups in total. The quantitative estimate of drug-likeness (QED) is 0.207. The Labute approximate surface area is 249 Å². The lowest BCUT2D eigenvalue weighted by atomic mass is 9.94. The third-order valence-electron chi connectivity index (χ3n) is 7.02. The minimum atomic E-state index is -3.59. The average molecular weight is 602 g/mol. The molecular weight excluding hydrogens is 570 g/mol. The van der Waals surface area contributed by atoms with Gasteiger partial charge in [0.1, 0.15) is 22.1 Å². The van der Waals surface area contributed by atoms with Crippen LogP contribution in [0.25, 0.3) is 0 Å². The van der Waals surface area contributed by atoms with Crippen molar-refractivity contribution in [1.82, 2.24) is 9.71 Å². The maximum atomic E-state index is 12.6. The number of aromatic nitrogens is 1. The summed E-state index contributed by atoms with van der Waals surface area (Å²) in [5, 5.41) is 11.9. The van der Waals surface area contributed by atoms with Crippen molar-refractivity contribution in [3.63, 3.8) is 0 Å². The van der Waals surface area contributed by atoms with Crippen LogP contribution in [-0.4, -0.2) is 42.5 Å². The molecule has 43 heavy (non-hydrogen) atoms. The van der Waals surface area contributed by atoms with E-state index in [4.69, 9.17) is 9.47 Å². The number of ether oxygens (including phenoxy) is 2. The molecule has 0 radical (unpaired) electrons. The van der Waals surface area contributed by atoms with Crippen molar-refractivity contribution in [2.75, 3.05) is 5.32 Å². The molecule has 1 aliphatic carbocycles. The number of nitrogens with zero attached hydrogens (tertiary/aromatic N) is 1. The number of carbonyl (C=O) groups excluding carboxylic acids is 1. The summed E-state index contributed by atoms with van der Waals surface area (Å²) in [5.74, 6) is 0.498. The number of amides is 1. The third kappa shape index (κ3) is 8.18. The van der Waals surface area contributed by atoms with Gasteiger partial charge in [0, 0.05) is 18.4 Å². The number of rotatable bonds is 11. The van der Waals surface area contributed by atoms with Gasteiger partial charge in [-0.3, -0.25) is 9.78 Å². The van der Waals surface area contributed by atoms with Crippen LogP contribution >= 0.6 is 0 Å². The van der Waals surface area contributed by atoms with Crippen LogP contribution in [0.5, 0.6) is 17.2 Å². The van der Waals surface area contributed by atoms with Crippen molar-refractivity contribution in [3.8, 4) is 17.2 Å². The van der Waals surface area contributed by atoms with Crippen LogP contribution in [0, 0.1) is 0 Å². The molecule has 10 nitrogen and oxygen atoms in total. The number of hydrogen-bond donors (Lipinski definition) is 3. The van der Waals surface area contributed by atoms with Crippen LogP contribution in [0.15, 0.2) is 102 Å². The molecule has 1 amide bonds. The summed E-state index contributed by atoms with van der Waals surface area (Å²) in [7, 11) is -3.59. The molecule has 1 fully saturated rings. The monoisotopic (exact) mass is 601 g/mol. The van der Waals surface area contributed by atoms with Crippen molar-refractivity contribution >= 4 is 27.6 Å². The number of carboxylic acids is 1. The molecule has 0 atom stereocenters. The molecule has 11 heteroatoms. The number of carboxylic acid groups (broad SMARTS) is 1. The highest BCUT2D eigenvalue weighted by Gasteiger charge is 2.26. The smallest absolute Gasteiger partial charge is 0.337 e. The maximum Gasteiger partial charge on any atom is 0.337 e. The number of carbonyl (C=O) groups is 2. The van der Waals surface area contributed by atoms with Crippen LogP contribution in [-0.2, 0) is 21.2 Å². The van der Waals surface area contributed by atoms with Crippen LogP contribution in [0.4, 0.5) is 5.69 Å². The Balaban J connectivity index is 1.07. The molecule has 1 aliphatic rings. The third-order valence-corrected chi connectivity index (χ3v) is 8.53. The van der Waals surface area contributed by atoms with Gasteiger partial charge in [0.05, 0.1) is 23.8 Å². The van der Waals surface area contributed by atoms with Crippen molar-refractivity contribution in [2.24, 2.45) is 0 Å². The number of nitrogens with one attached hydrogen (secondary N) is 2. The number of para-hydroxylation sites is 1. The van der Waals surface area contributed by atoms with Gasteiger partial charge in [-0.1, -0.05) is 24.3 Å². The lowest BCUT2D eigenvalue weighted by Crippen LogP contribution is -2.39. The summed E-state index contributed by atoms with van der Waals surface area (Å²) >= 11 is 0. The van der Waals surface area contributed by atoms with Crippen molar-refractivity contribution in [3.05, 3.63) is 108 Å². The highest BCUT2D eigenvalue weighted by molar-refractivity contribution is 7.89. The normalized spacial score (nSPS) is 16.7. The average Bonchev–Trinajstić information content (AvgIpc) is 3.00. The highest BCUT2D eigenvalue weighted by atomic mass is 32.2. The SMILES string of the molecule is O=C(Cc1ccc(Oc2ccc(OC3CCC(NS(=O)(=O)c4cccnc4)CC3)cc2)cc1)Nc1ccccc1C(=O)O. The number of anilines is 1. The van der Waals surface area contributed by atoms with Gasteiger partial charge in [0.15, 0.2) is 0 Å². The Hall–Kier alpha value is -4.74. The lowest BCUT2D eigenvalue weighted by Gasteiger charge is -2.29. The topological polar surface area (TPSA) is 144 Å². The first-order valence-corrected chi connectivity index (χ1v) is 15.3. The molecule has 222 valence electrons. The number of aromatic carboxylic acids is 1. The summed E-state index contributed by atoms with van der Waals surface area (Å²) in [6.07, 6.45) is 5.78. The molecule has 1 heterocycles. The summed E-state index contributed by atoms with van der Waals surface area (Å²) < 4.78 is 39.9. The van der Waals surface area contributed by atoms with E-state index >= 15 is 0 Å². The first-order chi connectivity index (χ1) is 20.7. The Bertz CT molecular complexity index is 1650. The standard InChI is InChI=1S/C32H31N3O7S/c36-31(34-30-6-2-1-5-29(30)32(37)38)20-22-7-11-24(12-8-22)41-26-15-17-27(18-16-26)42-25-13-9-23(10-14-25)35-43(39,40)28-4-3-19-33-21-28/h1-8,11-12,15-19,21,23,25,35H,9-10,13-14,20H2,(H,34,36)(H,37,38). The Morgan fingerprint density at radius 3 is 2.14 bits per heavy atom. The van der Waals surface area contributed by atoms with Gasteiger partial charge in [-0.15, -0.1) is 0 Å². The zero-order valence-electron chi connectivity index (χ0n) is 23.2. The lowest BCUT2D eigenvalue weighted by molar-refractivity contribution is -0.115. The van der Waals surface area contributed by atoms with E-state index in [0.29, 0.717) is 30.1 Å². The van der Waals surface area contributed by atoms with Crippen LogP contribution in [0.2, 0.25) is 0 Å². The first kappa shape index (κ1) is 29.7. The fourth-order valence-corrected chi connectivity index (χ4v) is 6.11. The van der Waals surface area contributed by atoms with Gasteiger partial charge >= 0.3 is 5.97 Å². The number of sulfonamides is 1. The van der Waals surface area contributed by atoms with Gasteiger partial charge in [-0.05, 0) is 91.9 Å². The molecule has 0 spiro atoms. The van der Waals surface area contributed by atoms with E-state index in [0.717, 1.165) is 18.4 Å². The van der Waals surface area contributed by atoms with Crippen molar-refractivity contribution < 1.29 is 32.6 Å². The number of benzene rings is 3. The molecule has 0 bridgehead atoms. The zero-order valence-corrected chi connectivity index (χ0v) is 24.0. The summed E-state index contributed by atoms with van der Waals surface area (Å²) in [5.41, 5.74) is 1.04. The van der Waals surface area contributed by atoms with Gasteiger partial charge in [0.25, 0.3) is 0 Å². The Morgan fingerprint density at radius 1 is 0.837 bits per heavy atom. The van der Waals surface area contributed by atoms with Gasteiger partial charge in [-0.2, -0.15) is 0 Å². The molecule has 0 aliphatic heterocycles. The molecule has 1 aromatic heterocycles. The number of pyridine rings is 1. The first-order valence-electron chi connectivity index (χ1n) is 13.8. The second-order valence-electron chi connectivity index (χ2n) is 10.2. The molecule has 4 aromatic rings. The predicted octanol–water partition coefficient (Wildman–Crippen LogP) is 5.42. The van der Waals surface area contributed by atoms with Crippen LogP contribution in [0.1, 0.15) is 41.6 Å². The van der Waals surface area contributed by atoms with E-state index in [-0.39, 0.29) is 40.6 Å². The molecule has 5 rings (SSSR count). The minimum absolute atomic E-state index is 0.00624. The Kier molecular flexibility index (Phi) is 9.33. The van der Waals surface area contributed by atoms with E-state index in [1.807, 2.05) is 24.3 Å². The van der Waals surface area contributed by atoms with Crippen molar-refractivity contribution in [2.45, 2.75) is 49.1 Å². The van der Waals surface area contributed by atoms with Crippen LogP contribution in [0.3, 0.4) is 0 Å². The summed E-state index contributed by atoms with van der Waals surface area (Å²) in [6, 6.07) is 23.6. The maximum absolute atomic E-state index is 12.6. The van der Waals surface area contributed by atoms with E-state index in [2.05, 4.69) is 15.0 Å². The van der Waals surface area contributed by atoms with E-state index < -0.39 is 16.0 Å². The van der Waals surface area contributed by atoms with Crippen LogP contribution < -0.4 is 19.5 Å². The molecule has 0 unspecified atom stereocenters. The fraction of sp³-hybridized carbons (Fsp3) is 0.219. The number of hydrogen-bond acceptors (Lipinski definition) is 7. The minimum Gasteiger partial charge on any atom is -0.490 e. The summed E-state index contributed by atoms with van der Waals surface area (Å²) in [4.78, 5) is 27.9. The van der Waals surface area contributed by atoms with Gasteiger partial charge in [-0.25, -0.2) is 17.9 Å². The Morgan fingerprint density at radius 2 is 1.49 bits per heavy atom. The zero-order chi connectivity index (χ0) is 30.2. The molecule has 0 saturated heterocycles. The highest BCUT2D eigenvalue weighted by Crippen LogP contribution is 2.28.